The molecule has 0 saturated carbocycles. The molecule has 1 amide bonds. The second kappa shape index (κ2) is 6.87. The van der Waals surface area contributed by atoms with Gasteiger partial charge in [-0.15, -0.1) is 0 Å². The van der Waals surface area contributed by atoms with Crippen LogP contribution in [-0.2, 0) is 6.54 Å². The third-order valence-electron chi connectivity index (χ3n) is 3.60. The number of carbonyl (C=O) groups is 1. The Kier molecular flexibility index (Phi) is 4.47. The number of carbonyl (C=O) groups excluding carboxylic acids is 1. The molecular weight excluding hydrogens is 288 g/mol. The topological polar surface area (TPSA) is 59.8 Å². The van der Waals surface area contributed by atoms with E-state index in [4.69, 9.17) is 0 Å². The van der Waals surface area contributed by atoms with Gasteiger partial charge in [-0.1, -0.05) is 48.0 Å². The molecule has 5 nitrogen and oxygen atoms in total. The van der Waals surface area contributed by atoms with E-state index >= 15 is 0 Å². The number of rotatable bonds is 5. The summed E-state index contributed by atoms with van der Waals surface area (Å²) < 4.78 is 0. The highest BCUT2D eigenvalue weighted by molar-refractivity contribution is 5.94. The summed E-state index contributed by atoms with van der Waals surface area (Å²) in [5.74, 6) is -0.102. The third-order valence-corrected chi connectivity index (χ3v) is 3.60. The first-order valence-electron chi connectivity index (χ1n) is 7.49. The van der Waals surface area contributed by atoms with E-state index in [1.54, 1.807) is 17.2 Å². The van der Waals surface area contributed by atoms with Crippen LogP contribution in [0.1, 0.15) is 27.5 Å². The first-order valence-corrected chi connectivity index (χ1v) is 7.49. The third kappa shape index (κ3) is 3.83. The van der Waals surface area contributed by atoms with Crippen LogP contribution < -0.4 is 5.32 Å². The molecule has 116 valence electrons. The monoisotopic (exact) mass is 306 g/mol. The Morgan fingerprint density at radius 2 is 1.83 bits per heavy atom. The van der Waals surface area contributed by atoms with E-state index in [1.165, 1.54) is 0 Å². The Hall–Kier alpha value is -2.95. The summed E-state index contributed by atoms with van der Waals surface area (Å²) >= 11 is 0. The summed E-state index contributed by atoms with van der Waals surface area (Å²) in [6.07, 6.45) is 3.26. The first kappa shape index (κ1) is 15.0. The minimum absolute atomic E-state index is 0.102. The lowest BCUT2D eigenvalue weighted by atomic mass is 10.1. The molecule has 0 aliphatic carbocycles. The number of nitrogens with one attached hydrogen (secondary N) is 1. The van der Waals surface area contributed by atoms with Crippen LogP contribution in [0.25, 0.3) is 0 Å². The predicted octanol–water partition coefficient (Wildman–Crippen LogP) is 2.76. The molecule has 2 aromatic carbocycles. The first-order chi connectivity index (χ1) is 11.2. The lowest BCUT2D eigenvalue weighted by Gasteiger charge is -2.19. The van der Waals surface area contributed by atoms with Crippen molar-refractivity contribution < 1.29 is 4.79 Å². The summed E-state index contributed by atoms with van der Waals surface area (Å²) in [5, 5.41) is 11.3. The number of hydrogen-bond donors (Lipinski definition) is 1. The maximum absolute atomic E-state index is 12.5. The lowest BCUT2D eigenvalue weighted by molar-refractivity contribution is 0.0930. The van der Waals surface area contributed by atoms with E-state index in [0.717, 1.165) is 11.1 Å². The zero-order valence-electron chi connectivity index (χ0n) is 12.9. The maximum atomic E-state index is 12.5. The van der Waals surface area contributed by atoms with E-state index in [1.807, 2.05) is 61.5 Å². The van der Waals surface area contributed by atoms with Crippen molar-refractivity contribution in [2.75, 3.05) is 0 Å². The number of nitrogens with zero attached hydrogens (tertiary/aromatic N) is 3. The Bertz CT molecular complexity index is 769. The highest BCUT2D eigenvalue weighted by Gasteiger charge is 2.17. The van der Waals surface area contributed by atoms with Crippen molar-refractivity contribution in [1.29, 1.82) is 0 Å². The second-order valence-corrected chi connectivity index (χ2v) is 5.39. The zero-order chi connectivity index (χ0) is 16.1. The van der Waals surface area contributed by atoms with Gasteiger partial charge in [0.25, 0.3) is 5.91 Å². The van der Waals surface area contributed by atoms with E-state index in [9.17, 15) is 4.79 Å². The molecular formula is C18H18N4O. The Balaban J connectivity index is 1.82. The van der Waals surface area contributed by atoms with E-state index < -0.39 is 0 Å². The predicted molar refractivity (Wildman–Crippen MR) is 87.9 cm³/mol. The summed E-state index contributed by atoms with van der Waals surface area (Å²) in [5.41, 5.74) is 2.73. The van der Waals surface area contributed by atoms with Crippen molar-refractivity contribution >= 4 is 5.91 Å². The average Bonchev–Trinajstić information content (AvgIpc) is 3.08. The fraction of sp³-hybridized carbons (Fsp3) is 0.167. The van der Waals surface area contributed by atoms with Gasteiger partial charge in [0.2, 0.25) is 0 Å². The van der Waals surface area contributed by atoms with Crippen LogP contribution in [-0.4, -0.2) is 20.9 Å². The quantitative estimate of drug-likeness (QED) is 0.788. The van der Waals surface area contributed by atoms with Crippen molar-refractivity contribution in [3.63, 3.8) is 0 Å². The molecule has 0 aliphatic rings. The van der Waals surface area contributed by atoms with Gasteiger partial charge < -0.3 is 5.32 Å². The molecule has 0 aliphatic heterocycles. The SMILES string of the molecule is Cc1cccc(C(=O)NC(Cn2nccn2)c2ccccc2)c1. The molecule has 1 unspecified atom stereocenters. The molecule has 23 heavy (non-hydrogen) atoms. The molecule has 1 N–H and O–H groups in total. The van der Waals surface area contributed by atoms with Gasteiger partial charge in [0.1, 0.15) is 0 Å². The van der Waals surface area contributed by atoms with Gasteiger partial charge in [-0.05, 0) is 24.6 Å². The van der Waals surface area contributed by atoms with E-state index in [-0.39, 0.29) is 11.9 Å². The van der Waals surface area contributed by atoms with E-state index in [2.05, 4.69) is 15.5 Å². The van der Waals surface area contributed by atoms with E-state index in [0.29, 0.717) is 12.1 Å². The lowest BCUT2D eigenvalue weighted by Crippen LogP contribution is -2.32. The molecule has 1 aromatic heterocycles. The van der Waals surface area contributed by atoms with Crippen LogP contribution in [0.15, 0.2) is 67.0 Å². The largest absolute Gasteiger partial charge is 0.343 e. The molecule has 1 atom stereocenters. The van der Waals surface area contributed by atoms with Crippen molar-refractivity contribution in [1.82, 2.24) is 20.3 Å². The average molecular weight is 306 g/mol. The Morgan fingerprint density at radius 1 is 1.09 bits per heavy atom. The smallest absolute Gasteiger partial charge is 0.251 e. The Labute approximate surface area is 135 Å². The molecule has 1 heterocycles. The molecule has 5 heteroatoms. The number of hydrogen-bond acceptors (Lipinski definition) is 3. The van der Waals surface area contributed by atoms with Gasteiger partial charge in [-0.25, -0.2) is 0 Å². The van der Waals surface area contributed by atoms with Crippen LogP contribution in [0, 0.1) is 6.92 Å². The van der Waals surface area contributed by atoms with Gasteiger partial charge in [-0.3, -0.25) is 4.79 Å². The fourth-order valence-corrected chi connectivity index (χ4v) is 2.45. The second-order valence-electron chi connectivity index (χ2n) is 5.39. The van der Waals surface area contributed by atoms with Crippen molar-refractivity contribution in [2.45, 2.75) is 19.5 Å². The van der Waals surface area contributed by atoms with Gasteiger partial charge in [0.15, 0.2) is 0 Å². The molecule has 3 rings (SSSR count). The van der Waals surface area contributed by atoms with Crippen LogP contribution in [0.4, 0.5) is 0 Å². The highest BCUT2D eigenvalue weighted by atomic mass is 16.1. The normalized spacial score (nSPS) is 11.9. The van der Waals surface area contributed by atoms with Crippen LogP contribution in [0.2, 0.25) is 0 Å². The number of amides is 1. The highest BCUT2D eigenvalue weighted by Crippen LogP contribution is 2.15. The number of aryl methyl sites for hydroxylation is 1. The van der Waals surface area contributed by atoms with Gasteiger partial charge in [-0.2, -0.15) is 15.0 Å². The van der Waals surface area contributed by atoms with Crippen molar-refractivity contribution in [3.8, 4) is 0 Å². The zero-order valence-corrected chi connectivity index (χ0v) is 12.9. The molecule has 0 bridgehead atoms. The van der Waals surface area contributed by atoms with Crippen LogP contribution >= 0.6 is 0 Å². The fourth-order valence-electron chi connectivity index (χ4n) is 2.45. The summed E-state index contributed by atoms with van der Waals surface area (Å²) in [4.78, 5) is 14.1. The molecule has 0 radical (unpaired) electrons. The summed E-state index contributed by atoms with van der Waals surface area (Å²) in [6.45, 7) is 2.45. The Morgan fingerprint density at radius 3 is 2.52 bits per heavy atom. The summed E-state index contributed by atoms with van der Waals surface area (Å²) in [7, 11) is 0. The standard InChI is InChI=1S/C18H18N4O/c1-14-6-5-9-16(12-14)18(23)21-17(13-22-19-10-11-20-22)15-7-3-2-4-8-15/h2-12,17H,13H2,1H3,(H,21,23). The minimum Gasteiger partial charge on any atom is -0.343 e. The molecule has 3 aromatic rings. The number of benzene rings is 2. The van der Waals surface area contributed by atoms with Crippen LogP contribution in [0.5, 0.6) is 0 Å². The molecule has 0 saturated heterocycles. The van der Waals surface area contributed by atoms with Gasteiger partial charge >= 0.3 is 0 Å². The number of aromatic nitrogens is 3. The van der Waals surface area contributed by atoms with Gasteiger partial charge in [0, 0.05) is 5.56 Å². The molecule has 0 fully saturated rings. The minimum atomic E-state index is -0.198. The van der Waals surface area contributed by atoms with Gasteiger partial charge in [0.05, 0.1) is 25.0 Å². The van der Waals surface area contributed by atoms with Crippen LogP contribution in [0.3, 0.4) is 0 Å². The van der Waals surface area contributed by atoms with Crippen molar-refractivity contribution in [3.05, 3.63) is 83.7 Å². The van der Waals surface area contributed by atoms with Crippen molar-refractivity contribution in [2.24, 2.45) is 0 Å². The summed E-state index contributed by atoms with van der Waals surface area (Å²) in [6, 6.07) is 17.2. The maximum Gasteiger partial charge on any atom is 0.251 e. The molecule has 0 spiro atoms.